The number of benzene rings is 2. The van der Waals surface area contributed by atoms with E-state index in [2.05, 4.69) is 5.32 Å². The molecule has 3 atom stereocenters. The molecule has 1 heterocycles. The van der Waals surface area contributed by atoms with Crippen LogP contribution in [-0.2, 0) is 15.8 Å². The van der Waals surface area contributed by atoms with Gasteiger partial charge in [-0.05, 0) is 48.7 Å². The normalized spacial score (nSPS) is 23.1. The first kappa shape index (κ1) is 20.8. The van der Waals surface area contributed by atoms with Gasteiger partial charge >= 0.3 is 6.18 Å². The van der Waals surface area contributed by atoms with Crippen molar-refractivity contribution in [2.45, 2.75) is 19.5 Å². The standard InChI is InChI=1S/C23H19F3N2O3/c1-13-5-4-6-16-19(13)22(31)28(21(16)30)15-11-9-14(10-12-15)20(29)27-18-8-3-2-7-17(18)23(24,25)26/h2-5,7-13,16,19H,6H2,1H3,(H,27,29)/t13-,16-,19-/m1/s1. The Bertz CT molecular complexity index is 1080. The zero-order valence-electron chi connectivity index (χ0n) is 16.5. The molecule has 1 aliphatic heterocycles. The maximum Gasteiger partial charge on any atom is 0.418 e. The summed E-state index contributed by atoms with van der Waals surface area (Å²) in [6.45, 7) is 1.90. The number of alkyl halides is 3. The second-order valence-electron chi connectivity index (χ2n) is 7.71. The molecule has 160 valence electrons. The van der Waals surface area contributed by atoms with Gasteiger partial charge in [0.2, 0.25) is 11.8 Å². The van der Waals surface area contributed by atoms with E-state index in [0.717, 1.165) is 11.0 Å². The first-order chi connectivity index (χ1) is 14.7. The van der Waals surface area contributed by atoms with Crippen molar-refractivity contribution in [1.29, 1.82) is 0 Å². The van der Waals surface area contributed by atoms with E-state index in [1.807, 2.05) is 19.1 Å². The van der Waals surface area contributed by atoms with Crippen LogP contribution in [0, 0.1) is 17.8 Å². The molecule has 0 radical (unpaired) electrons. The quantitative estimate of drug-likeness (QED) is 0.571. The molecule has 1 saturated heterocycles. The predicted molar refractivity (Wildman–Crippen MR) is 108 cm³/mol. The van der Waals surface area contributed by atoms with Crippen molar-refractivity contribution in [2.75, 3.05) is 10.2 Å². The minimum atomic E-state index is -4.60. The van der Waals surface area contributed by atoms with Crippen molar-refractivity contribution in [3.8, 4) is 0 Å². The lowest BCUT2D eigenvalue weighted by molar-refractivity contribution is -0.137. The van der Waals surface area contributed by atoms with Gasteiger partial charge in [0.05, 0.1) is 28.8 Å². The summed E-state index contributed by atoms with van der Waals surface area (Å²) in [5.74, 6) is -2.12. The fraction of sp³-hybridized carbons (Fsp3) is 0.261. The minimum absolute atomic E-state index is 0.0426. The largest absolute Gasteiger partial charge is 0.418 e. The van der Waals surface area contributed by atoms with E-state index in [-0.39, 0.29) is 29.0 Å². The van der Waals surface area contributed by atoms with E-state index in [4.69, 9.17) is 0 Å². The number of nitrogens with one attached hydrogen (secondary N) is 1. The summed E-state index contributed by atoms with van der Waals surface area (Å²) in [5, 5.41) is 2.27. The number of carbonyl (C=O) groups is 3. The molecule has 0 aromatic heterocycles. The second-order valence-corrected chi connectivity index (χ2v) is 7.71. The summed E-state index contributed by atoms with van der Waals surface area (Å²) in [5.41, 5.74) is -0.853. The molecule has 31 heavy (non-hydrogen) atoms. The van der Waals surface area contributed by atoms with Crippen LogP contribution in [0.3, 0.4) is 0 Å². The summed E-state index contributed by atoms with van der Waals surface area (Å²) in [7, 11) is 0. The van der Waals surface area contributed by atoms with Crippen LogP contribution in [0.15, 0.2) is 60.7 Å². The Morgan fingerprint density at radius 3 is 2.35 bits per heavy atom. The number of hydrogen-bond acceptors (Lipinski definition) is 3. The number of imide groups is 1. The molecule has 0 unspecified atom stereocenters. The second kappa shape index (κ2) is 7.68. The number of amides is 3. The first-order valence-corrected chi connectivity index (χ1v) is 9.80. The summed E-state index contributed by atoms with van der Waals surface area (Å²) in [4.78, 5) is 39.2. The zero-order valence-corrected chi connectivity index (χ0v) is 16.5. The third-order valence-corrected chi connectivity index (χ3v) is 5.74. The molecule has 2 aromatic carbocycles. The van der Waals surface area contributed by atoms with Crippen molar-refractivity contribution in [3.05, 3.63) is 71.8 Å². The molecule has 4 rings (SSSR count). The summed E-state index contributed by atoms with van der Waals surface area (Å²) < 4.78 is 39.4. The summed E-state index contributed by atoms with van der Waals surface area (Å²) in [6.07, 6.45) is -0.253. The highest BCUT2D eigenvalue weighted by Gasteiger charge is 2.50. The average Bonchev–Trinajstić information content (AvgIpc) is 2.99. The summed E-state index contributed by atoms with van der Waals surface area (Å²) in [6, 6.07) is 10.4. The van der Waals surface area contributed by atoms with Crippen molar-refractivity contribution in [3.63, 3.8) is 0 Å². The molecule has 3 amide bonds. The highest BCUT2D eigenvalue weighted by molar-refractivity contribution is 6.22. The fourth-order valence-electron chi connectivity index (χ4n) is 4.20. The van der Waals surface area contributed by atoms with Gasteiger partial charge in [0, 0.05) is 5.56 Å². The molecule has 1 N–H and O–H groups in total. The molecular formula is C23H19F3N2O3. The first-order valence-electron chi connectivity index (χ1n) is 9.80. The van der Waals surface area contributed by atoms with E-state index in [1.54, 1.807) is 0 Å². The van der Waals surface area contributed by atoms with Gasteiger partial charge in [0.25, 0.3) is 5.91 Å². The Morgan fingerprint density at radius 1 is 1.03 bits per heavy atom. The van der Waals surface area contributed by atoms with E-state index < -0.39 is 29.5 Å². The molecule has 1 aliphatic carbocycles. The van der Waals surface area contributed by atoms with Crippen LogP contribution in [0.4, 0.5) is 24.5 Å². The zero-order chi connectivity index (χ0) is 22.3. The SMILES string of the molecule is C[C@@H]1C=CC[C@H]2C(=O)N(c3ccc(C(=O)Nc4ccccc4C(F)(F)F)cc3)C(=O)[C@H]12. The monoisotopic (exact) mass is 428 g/mol. The number of hydrogen-bond donors (Lipinski definition) is 1. The molecule has 2 aliphatic rings. The molecule has 8 heteroatoms. The minimum Gasteiger partial charge on any atom is -0.321 e. The highest BCUT2D eigenvalue weighted by Crippen LogP contribution is 2.40. The lowest BCUT2D eigenvalue weighted by atomic mass is 9.78. The van der Waals surface area contributed by atoms with Gasteiger partial charge in [-0.25, -0.2) is 0 Å². The number of allylic oxidation sites excluding steroid dienone is 2. The van der Waals surface area contributed by atoms with Crippen LogP contribution < -0.4 is 10.2 Å². The molecule has 1 fully saturated rings. The molecule has 0 bridgehead atoms. The topological polar surface area (TPSA) is 66.5 Å². The van der Waals surface area contributed by atoms with Crippen molar-refractivity contribution in [2.24, 2.45) is 17.8 Å². The third kappa shape index (κ3) is 3.73. The molecule has 0 spiro atoms. The van der Waals surface area contributed by atoms with Crippen molar-refractivity contribution >= 4 is 29.1 Å². The van der Waals surface area contributed by atoms with Gasteiger partial charge in [-0.3, -0.25) is 19.3 Å². The molecule has 2 aromatic rings. The highest BCUT2D eigenvalue weighted by atomic mass is 19.4. The number of carbonyl (C=O) groups excluding carboxylic acids is 3. The maximum atomic E-state index is 13.1. The fourth-order valence-corrected chi connectivity index (χ4v) is 4.20. The number of rotatable bonds is 3. The number of halogens is 3. The molecule has 0 saturated carbocycles. The number of fused-ring (bicyclic) bond motifs is 1. The van der Waals surface area contributed by atoms with Crippen molar-refractivity contribution < 1.29 is 27.6 Å². The smallest absolute Gasteiger partial charge is 0.321 e. The molecular weight excluding hydrogens is 409 g/mol. The van der Waals surface area contributed by atoms with Crippen LogP contribution in [0.2, 0.25) is 0 Å². The molecule has 5 nitrogen and oxygen atoms in total. The van der Waals surface area contributed by atoms with Crippen LogP contribution in [0.1, 0.15) is 29.3 Å². The maximum absolute atomic E-state index is 13.1. The van der Waals surface area contributed by atoms with Crippen LogP contribution in [0.5, 0.6) is 0 Å². The van der Waals surface area contributed by atoms with Gasteiger partial charge in [0.1, 0.15) is 0 Å². The number of para-hydroxylation sites is 1. The Kier molecular flexibility index (Phi) is 5.16. The van der Waals surface area contributed by atoms with E-state index in [1.165, 1.54) is 42.5 Å². The van der Waals surface area contributed by atoms with Gasteiger partial charge in [-0.2, -0.15) is 13.2 Å². The Balaban J connectivity index is 1.54. The Labute approximate surface area is 176 Å². The van der Waals surface area contributed by atoms with E-state index >= 15 is 0 Å². The van der Waals surface area contributed by atoms with E-state index in [9.17, 15) is 27.6 Å². The average molecular weight is 428 g/mol. The van der Waals surface area contributed by atoms with Gasteiger partial charge in [0.15, 0.2) is 0 Å². The van der Waals surface area contributed by atoms with Gasteiger partial charge in [-0.15, -0.1) is 0 Å². The third-order valence-electron chi connectivity index (χ3n) is 5.74. The number of anilines is 2. The van der Waals surface area contributed by atoms with E-state index in [0.29, 0.717) is 12.1 Å². The summed E-state index contributed by atoms with van der Waals surface area (Å²) >= 11 is 0. The van der Waals surface area contributed by atoms with Gasteiger partial charge < -0.3 is 5.32 Å². The van der Waals surface area contributed by atoms with Gasteiger partial charge in [-0.1, -0.05) is 31.2 Å². The number of nitrogens with zero attached hydrogens (tertiary/aromatic N) is 1. The Hall–Kier alpha value is -3.42. The van der Waals surface area contributed by atoms with Crippen LogP contribution in [-0.4, -0.2) is 17.7 Å². The predicted octanol–water partition coefficient (Wildman–Crippen LogP) is 4.66. The van der Waals surface area contributed by atoms with Crippen LogP contribution >= 0.6 is 0 Å². The van der Waals surface area contributed by atoms with Crippen molar-refractivity contribution in [1.82, 2.24) is 0 Å². The van der Waals surface area contributed by atoms with Crippen LogP contribution in [0.25, 0.3) is 0 Å². The lowest BCUT2D eigenvalue weighted by Gasteiger charge is -2.22. The Morgan fingerprint density at radius 2 is 1.71 bits per heavy atom. The lowest BCUT2D eigenvalue weighted by Crippen LogP contribution is -2.31.